The average Bonchev–Trinajstić information content (AvgIpc) is 2.61. The second-order valence-corrected chi connectivity index (χ2v) is 5.44. The third kappa shape index (κ3) is 5.18. The van der Waals surface area contributed by atoms with Crippen LogP contribution in [0.1, 0.15) is 11.1 Å². The topological polar surface area (TPSA) is 39.7 Å². The van der Waals surface area contributed by atoms with Gasteiger partial charge in [0.2, 0.25) is 0 Å². The molecule has 0 amide bonds. The number of thiocarbonyl (C=S) groups is 1. The first-order chi connectivity index (χ1) is 11.6. The second-order valence-electron chi connectivity index (χ2n) is 5.03. The Labute approximate surface area is 146 Å². The highest BCUT2D eigenvalue weighted by Crippen LogP contribution is 2.29. The van der Waals surface area contributed by atoms with E-state index in [1.165, 1.54) is 12.1 Å². The predicted molar refractivity (Wildman–Crippen MR) is 95.3 cm³/mol. The fraction of sp³-hybridized carbons (Fsp3) is 0.278. The highest BCUT2D eigenvalue weighted by Gasteiger charge is 2.09. The smallest absolute Gasteiger partial charge is 0.161 e. The van der Waals surface area contributed by atoms with Gasteiger partial charge >= 0.3 is 0 Å². The van der Waals surface area contributed by atoms with E-state index >= 15 is 0 Å². The lowest BCUT2D eigenvalue weighted by Crippen LogP contribution is -2.26. The van der Waals surface area contributed by atoms with E-state index in [0.717, 1.165) is 11.1 Å². The van der Waals surface area contributed by atoms with Crippen molar-refractivity contribution in [1.82, 2.24) is 5.32 Å². The molecule has 0 aliphatic rings. The fourth-order valence-electron chi connectivity index (χ4n) is 2.04. The van der Waals surface area contributed by atoms with Crippen LogP contribution >= 0.6 is 12.2 Å². The normalized spacial score (nSPS) is 10.3. The van der Waals surface area contributed by atoms with Crippen molar-refractivity contribution in [2.24, 2.45) is 0 Å². The van der Waals surface area contributed by atoms with Crippen molar-refractivity contribution in [3.05, 3.63) is 59.4 Å². The molecule has 0 aromatic heterocycles. The van der Waals surface area contributed by atoms with Crippen molar-refractivity contribution in [3.8, 4) is 11.5 Å². The Hall–Kier alpha value is -2.18. The second kappa shape index (κ2) is 9.20. The molecule has 4 nitrogen and oxygen atoms in total. The molecular formula is C18H20FNO3S. The molecule has 0 heterocycles. The van der Waals surface area contributed by atoms with Gasteiger partial charge in [-0.2, -0.15) is 0 Å². The minimum absolute atomic E-state index is 0.268. The lowest BCUT2D eigenvalue weighted by Gasteiger charge is -2.13. The molecule has 0 aliphatic carbocycles. The van der Waals surface area contributed by atoms with E-state index in [1.807, 2.05) is 18.2 Å². The summed E-state index contributed by atoms with van der Waals surface area (Å²) in [6, 6.07) is 11.7. The van der Waals surface area contributed by atoms with Gasteiger partial charge in [-0.05, 0) is 35.9 Å². The molecule has 1 N–H and O–H groups in total. The molecule has 0 radical (unpaired) electrons. The third-order valence-corrected chi connectivity index (χ3v) is 3.71. The van der Waals surface area contributed by atoms with Crippen LogP contribution in [0.3, 0.4) is 0 Å². The maximum absolute atomic E-state index is 12.9. The van der Waals surface area contributed by atoms with Gasteiger partial charge in [0.05, 0.1) is 13.7 Å². The van der Waals surface area contributed by atoms with E-state index in [9.17, 15) is 4.39 Å². The van der Waals surface area contributed by atoms with Gasteiger partial charge < -0.3 is 19.5 Å². The molecule has 0 spiro atoms. The first kappa shape index (κ1) is 18.2. The monoisotopic (exact) mass is 349 g/mol. The standard InChI is InChI=1S/C18H20FNO3S/c1-21-10-9-20-18(24)14-5-8-16(17(11-14)22-2)23-12-13-3-6-15(19)7-4-13/h3-8,11H,9-10,12H2,1-2H3,(H,20,24). The summed E-state index contributed by atoms with van der Waals surface area (Å²) in [5.41, 5.74) is 1.71. The minimum Gasteiger partial charge on any atom is -0.493 e. The lowest BCUT2D eigenvalue weighted by atomic mass is 10.2. The number of methoxy groups -OCH3 is 2. The molecule has 0 unspecified atom stereocenters. The molecule has 0 saturated carbocycles. The number of hydrogen-bond donors (Lipinski definition) is 1. The van der Waals surface area contributed by atoms with Crippen molar-refractivity contribution in [1.29, 1.82) is 0 Å². The van der Waals surface area contributed by atoms with Crippen LogP contribution in [0.4, 0.5) is 4.39 Å². The SMILES string of the molecule is COCCNC(=S)c1ccc(OCc2ccc(F)cc2)c(OC)c1. The van der Waals surface area contributed by atoms with Crippen molar-refractivity contribution < 1.29 is 18.6 Å². The summed E-state index contributed by atoms with van der Waals surface area (Å²) >= 11 is 5.34. The number of nitrogens with one attached hydrogen (secondary N) is 1. The summed E-state index contributed by atoms with van der Waals surface area (Å²) in [5.74, 6) is 0.922. The highest BCUT2D eigenvalue weighted by atomic mass is 32.1. The number of halogens is 1. The van der Waals surface area contributed by atoms with Gasteiger partial charge in [-0.15, -0.1) is 0 Å². The van der Waals surface area contributed by atoms with Gasteiger partial charge in [-0.3, -0.25) is 0 Å². The summed E-state index contributed by atoms with van der Waals surface area (Å²) < 4.78 is 29.0. The Kier molecular flexibility index (Phi) is 6.96. The molecule has 2 rings (SSSR count). The molecule has 2 aromatic carbocycles. The predicted octanol–water partition coefficient (Wildman–Crippen LogP) is 3.32. The first-order valence-corrected chi connectivity index (χ1v) is 7.87. The summed E-state index contributed by atoms with van der Waals surface area (Å²) in [5, 5.41) is 3.11. The summed E-state index contributed by atoms with van der Waals surface area (Å²) in [6.45, 7) is 1.54. The summed E-state index contributed by atoms with van der Waals surface area (Å²) in [6.07, 6.45) is 0. The van der Waals surface area contributed by atoms with Gasteiger partial charge in [0.15, 0.2) is 11.5 Å². The van der Waals surface area contributed by atoms with Gasteiger partial charge in [-0.1, -0.05) is 24.4 Å². The lowest BCUT2D eigenvalue weighted by molar-refractivity contribution is 0.204. The zero-order chi connectivity index (χ0) is 17.4. The average molecular weight is 349 g/mol. The van der Waals surface area contributed by atoms with E-state index < -0.39 is 0 Å². The van der Waals surface area contributed by atoms with Gasteiger partial charge in [0.25, 0.3) is 0 Å². The van der Waals surface area contributed by atoms with Crippen LogP contribution in [0, 0.1) is 5.82 Å². The van der Waals surface area contributed by atoms with Crippen molar-refractivity contribution in [2.75, 3.05) is 27.4 Å². The van der Waals surface area contributed by atoms with E-state index in [0.29, 0.717) is 36.2 Å². The molecule has 0 fully saturated rings. The Morgan fingerprint density at radius 1 is 1.08 bits per heavy atom. The number of hydrogen-bond acceptors (Lipinski definition) is 4. The van der Waals surface area contributed by atoms with E-state index in [1.54, 1.807) is 26.4 Å². The molecule has 128 valence electrons. The van der Waals surface area contributed by atoms with Crippen LogP contribution in [0.15, 0.2) is 42.5 Å². The van der Waals surface area contributed by atoms with Crippen molar-refractivity contribution in [2.45, 2.75) is 6.61 Å². The van der Waals surface area contributed by atoms with Crippen molar-refractivity contribution in [3.63, 3.8) is 0 Å². The molecule has 24 heavy (non-hydrogen) atoms. The molecule has 6 heteroatoms. The highest BCUT2D eigenvalue weighted by molar-refractivity contribution is 7.80. The number of ether oxygens (including phenoxy) is 3. The maximum atomic E-state index is 12.9. The Morgan fingerprint density at radius 3 is 2.50 bits per heavy atom. The number of rotatable bonds is 8. The zero-order valence-electron chi connectivity index (χ0n) is 13.7. The fourth-order valence-corrected chi connectivity index (χ4v) is 2.27. The van der Waals surface area contributed by atoms with Crippen LogP contribution in [-0.4, -0.2) is 32.4 Å². The maximum Gasteiger partial charge on any atom is 0.161 e. The minimum atomic E-state index is -0.268. The van der Waals surface area contributed by atoms with E-state index in [-0.39, 0.29) is 5.82 Å². The molecule has 0 atom stereocenters. The first-order valence-electron chi connectivity index (χ1n) is 7.46. The van der Waals surface area contributed by atoms with Crippen LogP contribution in [0.25, 0.3) is 0 Å². The quantitative estimate of drug-likeness (QED) is 0.585. The summed E-state index contributed by atoms with van der Waals surface area (Å²) in [7, 11) is 3.21. The van der Waals surface area contributed by atoms with Crippen LogP contribution in [0.5, 0.6) is 11.5 Å². The Morgan fingerprint density at radius 2 is 1.83 bits per heavy atom. The van der Waals surface area contributed by atoms with Gasteiger partial charge in [0.1, 0.15) is 17.4 Å². The van der Waals surface area contributed by atoms with E-state index in [2.05, 4.69) is 5.32 Å². The van der Waals surface area contributed by atoms with Crippen LogP contribution in [0.2, 0.25) is 0 Å². The van der Waals surface area contributed by atoms with Crippen LogP contribution < -0.4 is 14.8 Å². The van der Waals surface area contributed by atoms with Gasteiger partial charge in [-0.25, -0.2) is 4.39 Å². The van der Waals surface area contributed by atoms with Crippen LogP contribution in [-0.2, 0) is 11.3 Å². The molecule has 2 aromatic rings. The number of benzene rings is 2. The Balaban J connectivity index is 2.02. The molecule has 0 aliphatic heterocycles. The van der Waals surface area contributed by atoms with Gasteiger partial charge in [0, 0.05) is 19.2 Å². The largest absolute Gasteiger partial charge is 0.493 e. The van der Waals surface area contributed by atoms with Crippen molar-refractivity contribution >= 4 is 17.2 Å². The summed E-state index contributed by atoms with van der Waals surface area (Å²) in [4.78, 5) is 0.621. The Bertz CT molecular complexity index is 676. The molecule has 0 bridgehead atoms. The van der Waals surface area contributed by atoms with E-state index in [4.69, 9.17) is 26.4 Å². The third-order valence-electron chi connectivity index (χ3n) is 3.33. The molecule has 0 saturated heterocycles. The molecular weight excluding hydrogens is 329 g/mol. The zero-order valence-corrected chi connectivity index (χ0v) is 14.5.